The summed E-state index contributed by atoms with van der Waals surface area (Å²) >= 11 is 0. The molecule has 1 aromatic rings. The van der Waals surface area contributed by atoms with E-state index in [0.717, 1.165) is 12.1 Å². The van der Waals surface area contributed by atoms with Crippen LogP contribution in [-0.2, 0) is 29.9 Å². The van der Waals surface area contributed by atoms with Crippen molar-refractivity contribution in [3.8, 4) is 0 Å². The van der Waals surface area contributed by atoms with E-state index in [4.69, 9.17) is 23.4 Å². The van der Waals surface area contributed by atoms with Crippen molar-refractivity contribution in [2.75, 3.05) is 13.2 Å². The maximum atomic E-state index is 12.5. The number of fused-ring (bicyclic) bond motifs is 1. The minimum Gasteiger partial charge on any atom is -0.444 e. The maximum Gasteiger partial charge on any atom is 0.414 e. The van der Waals surface area contributed by atoms with Crippen molar-refractivity contribution in [2.24, 2.45) is 4.99 Å². The largest absolute Gasteiger partial charge is 0.444 e. The fraction of sp³-hybridized carbons (Fsp3) is 0.719. The standard InChI is InChI=1S/C32H54N4O7Si/c1-29(2,3)42-27(37)34-26(35-28(38)43-30(4,5)6)33-22-16-14-21(15-17-22)18-36-19-24-25(41-32(10,11)40-24)23(36)20-39-44(12,13)31(7,8)9/h14-17,23-25H,18-20H2,1-13H3,(H2,33,34,35,37,38)/t23-,24+,25-/m1/s1. The van der Waals surface area contributed by atoms with Crippen molar-refractivity contribution in [1.82, 2.24) is 15.5 Å². The summed E-state index contributed by atoms with van der Waals surface area (Å²) in [7, 11) is -1.96. The first-order valence-corrected chi connectivity index (χ1v) is 18.3. The molecule has 0 radical (unpaired) electrons. The van der Waals surface area contributed by atoms with Gasteiger partial charge in [-0.15, -0.1) is 0 Å². The first-order valence-electron chi connectivity index (χ1n) is 15.3. The number of rotatable bonds is 6. The van der Waals surface area contributed by atoms with E-state index in [1.807, 2.05) is 38.1 Å². The number of likely N-dealkylation sites (tertiary alicyclic amines) is 1. The maximum absolute atomic E-state index is 12.5. The van der Waals surface area contributed by atoms with Crippen molar-refractivity contribution in [3.05, 3.63) is 29.8 Å². The van der Waals surface area contributed by atoms with Crippen LogP contribution >= 0.6 is 0 Å². The molecule has 0 aliphatic carbocycles. The Morgan fingerprint density at radius 1 is 0.932 bits per heavy atom. The zero-order valence-corrected chi connectivity index (χ0v) is 29.9. The molecule has 11 nitrogen and oxygen atoms in total. The number of ether oxygens (including phenoxy) is 4. The van der Waals surface area contributed by atoms with Crippen LogP contribution in [0.25, 0.3) is 0 Å². The molecule has 3 atom stereocenters. The number of hydrogen-bond donors (Lipinski definition) is 2. The van der Waals surface area contributed by atoms with E-state index in [-0.39, 0.29) is 29.2 Å². The Bertz CT molecular complexity index is 1160. The molecular formula is C32H54N4O7Si. The summed E-state index contributed by atoms with van der Waals surface area (Å²) in [5.74, 6) is -0.720. The summed E-state index contributed by atoms with van der Waals surface area (Å²) in [5.41, 5.74) is 0.148. The van der Waals surface area contributed by atoms with Gasteiger partial charge in [-0.25, -0.2) is 14.6 Å². The Kier molecular flexibility index (Phi) is 10.7. The average Bonchev–Trinajstić information content (AvgIpc) is 3.26. The number of nitrogens with one attached hydrogen (secondary N) is 2. The summed E-state index contributed by atoms with van der Waals surface area (Å²) in [6.07, 6.45) is -1.59. The van der Waals surface area contributed by atoms with Gasteiger partial charge in [0.2, 0.25) is 5.96 Å². The van der Waals surface area contributed by atoms with Crippen molar-refractivity contribution < 1.29 is 33.0 Å². The molecule has 248 valence electrons. The topological polar surface area (TPSA) is 120 Å². The van der Waals surface area contributed by atoms with Gasteiger partial charge in [0.1, 0.15) is 23.4 Å². The molecule has 0 aromatic heterocycles. The summed E-state index contributed by atoms with van der Waals surface area (Å²) in [4.78, 5) is 31.7. The Hall–Kier alpha value is -2.51. The molecule has 2 saturated heterocycles. The summed E-state index contributed by atoms with van der Waals surface area (Å²) in [5, 5.41) is 5.13. The highest BCUT2D eigenvalue weighted by molar-refractivity contribution is 6.74. The number of guanidine groups is 1. The number of aliphatic imine (C=N–C) groups is 1. The highest BCUT2D eigenvalue weighted by Gasteiger charge is 2.53. The van der Waals surface area contributed by atoms with Crippen LogP contribution in [0.1, 0.15) is 81.7 Å². The molecule has 44 heavy (non-hydrogen) atoms. The van der Waals surface area contributed by atoms with Gasteiger partial charge in [-0.2, -0.15) is 0 Å². The van der Waals surface area contributed by atoms with Crippen LogP contribution in [0.3, 0.4) is 0 Å². The van der Waals surface area contributed by atoms with Crippen molar-refractivity contribution in [2.45, 2.75) is 136 Å². The number of amides is 2. The normalized spacial score (nSPS) is 22.2. The molecule has 0 unspecified atom stereocenters. The van der Waals surface area contributed by atoms with Gasteiger partial charge in [0.15, 0.2) is 14.1 Å². The molecule has 2 aliphatic rings. The quantitative estimate of drug-likeness (QED) is 0.208. The number of hydrogen-bond acceptors (Lipinski definition) is 9. The van der Waals surface area contributed by atoms with E-state index in [1.165, 1.54) is 0 Å². The molecular weight excluding hydrogens is 580 g/mol. The molecule has 3 rings (SSSR count). The molecule has 0 bridgehead atoms. The van der Waals surface area contributed by atoms with Crippen LogP contribution in [0.4, 0.5) is 15.3 Å². The molecule has 0 saturated carbocycles. The lowest BCUT2D eigenvalue weighted by molar-refractivity contribution is -0.163. The minimum atomic E-state index is -1.96. The summed E-state index contributed by atoms with van der Waals surface area (Å²) < 4.78 is 29.9. The molecule has 2 heterocycles. The van der Waals surface area contributed by atoms with Gasteiger partial charge in [-0.1, -0.05) is 32.9 Å². The predicted molar refractivity (Wildman–Crippen MR) is 173 cm³/mol. The monoisotopic (exact) mass is 634 g/mol. The van der Waals surface area contributed by atoms with Crippen LogP contribution in [0.15, 0.2) is 29.3 Å². The van der Waals surface area contributed by atoms with E-state index in [2.05, 4.69) is 54.4 Å². The first kappa shape index (κ1) is 36.0. The minimum absolute atomic E-state index is 0.0256. The van der Waals surface area contributed by atoms with Gasteiger partial charge in [0.25, 0.3) is 0 Å². The van der Waals surface area contributed by atoms with Crippen molar-refractivity contribution >= 4 is 32.2 Å². The number of benzene rings is 1. The van der Waals surface area contributed by atoms with E-state index >= 15 is 0 Å². The van der Waals surface area contributed by atoms with Crippen LogP contribution < -0.4 is 10.6 Å². The van der Waals surface area contributed by atoms with Gasteiger partial charge in [-0.3, -0.25) is 15.5 Å². The van der Waals surface area contributed by atoms with E-state index in [0.29, 0.717) is 18.8 Å². The number of alkyl carbamates (subject to hydrolysis) is 2. The predicted octanol–water partition coefficient (Wildman–Crippen LogP) is 6.45. The van der Waals surface area contributed by atoms with Crippen LogP contribution in [0, 0.1) is 0 Å². The van der Waals surface area contributed by atoms with Crippen LogP contribution in [0.5, 0.6) is 0 Å². The zero-order valence-electron chi connectivity index (χ0n) is 28.9. The molecule has 0 spiro atoms. The fourth-order valence-corrected chi connectivity index (χ4v) is 5.74. The lowest BCUT2D eigenvalue weighted by Crippen LogP contribution is -2.47. The third-order valence-corrected chi connectivity index (χ3v) is 12.2. The second-order valence-electron chi connectivity index (χ2n) is 15.6. The number of carbonyl (C=O) groups is 2. The van der Waals surface area contributed by atoms with Crippen molar-refractivity contribution in [1.29, 1.82) is 0 Å². The van der Waals surface area contributed by atoms with Crippen LogP contribution in [-0.4, -0.2) is 79.8 Å². The SMILES string of the molecule is CC(C)(C)OC(=O)NC(=Nc1ccc(CN2C[C@@H]3OC(C)(C)O[C@@H]3[C@H]2CO[Si](C)(C)C(C)(C)C)cc1)NC(=O)OC(C)(C)C. The third kappa shape index (κ3) is 10.5. The average molecular weight is 635 g/mol. The number of nitrogens with zero attached hydrogens (tertiary/aromatic N) is 2. The zero-order chi connectivity index (χ0) is 33.3. The van der Waals surface area contributed by atoms with Gasteiger partial charge in [0.05, 0.1) is 18.3 Å². The lowest BCUT2D eigenvalue weighted by atomic mass is 10.1. The van der Waals surface area contributed by atoms with E-state index in [9.17, 15) is 9.59 Å². The van der Waals surface area contributed by atoms with Gasteiger partial charge < -0.3 is 23.4 Å². The molecule has 2 aliphatic heterocycles. The molecule has 12 heteroatoms. The Balaban J connectivity index is 1.77. The smallest absolute Gasteiger partial charge is 0.414 e. The number of carbonyl (C=O) groups excluding carboxylic acids is 2. The Morgan fingerprint density at radius 2 is 1.45 bits per heavy atom. The summed E-state index contributed by atoms with van der Waals surface area (Å²) in [6, 6.07) is 7.66. The van der Waals surface area contributed by atoms with E-state index < -0.39 is 37.5 Å². The second kappa shape index (κ2) is 13.1. The third-order valence-electron chi connectivity index (χ3n) is 7.71. The van der Waals surface area contributed by atoms with Gasteiger partial charge in [0, 0.05) is 13.1 Å². The Labute approximate surface area is 264 Å². The highest BCUT2D eigenvalue weighted by Crippen LogP contribution is 2.40. The summed E-state index contributed by atoms with van der Waals surface area (Å²) in [6.45, 7) is 27.7. The van der Waals surface area contributed by atoms with Gasteiger partial charge in [-0.05, 0) is 91.2 Å². The first-order chi connectivity index (χ1) is 19.9. The highest BCUT2D eigenvalue weighted by atomic mass is 28.4. The van der Waals surface area contributed by atoms with Crippen molar-refractivity contribution in [3.63, 3.8) is 0 Å². The Morgan fingerprint density at radius 3 is 1.93 bits per heavy atom. The second-order valence-corrected chi connectivity index (χ2v) is 20.4. The molecule has 2 amide bonds. The van der Waals surface area contributed by atoms with Gasteiger partial charge >= 0.3 is 12.2 Å². The lowest BCUT2D eigenvalue weighted by Gasteiger charge is -2.38. The molecule has 2 N–H and O–H groups in total. The van der Waals surface area contributed by atoms with E-state index in [1.54, 1.807) is 41.5 Å². The fourth-order valence-electron chi connectivity index (χ4n) is 4.72. The molecule has 2 fully saturated rings. The van der Waals surface area contributed by atoms with Crippen LogP contribution in [0.2, 0.25) is 18.1 Å². The molecule has 1 aromatic carbocycles.